The maximum absolute atomic E-state index is 12.2. The van der Waals surface area contributed by atoms with Gasteiger partial charge >= 0.3 is 6.36 Å². The molecular weight excluding hydrogens is 339 g/mol. The highest BCUT2D eigenvalue weighted by Crippen LogP contribution is 2.24. The van der Waals surface area contributed by atoms with Crippen LogP contribution < -0.4 is 10.1 Å². The van der Waals surface area contributed by atoms with E-state index in [4.69, 9.17) is 0 Å². The molecule has 0 spiro atoms. The van der Waals surface area contributed by atoms with Gasteiger partial charge in [0.25, 0.3) is 5.91 Å². The van der Waals surface area contributed by atoms with Crippen molar-refractivity contribution in [2.75, 3.05) is 5.32 Å². The van der Waals surface area contributed by atoms with Gasteiger partial charge in [-0.3, -0.25) is 14.9 Å². The van der Waals surface area contributed by atoms with E-state index in [1.54, 1.807) is 24.4 Å². The lowest BCUT2D eigenvalue weighted by molar-refractivity contribution is -0.276. The fraction of sp³-hybridized carbons (Fsp3) is 0.0667. The van der Waals surface area contributed by atoms with E-state index in [-0.39, 0.29) is 5.56 Å². The van der Waals surface area contributed by atoms with Crippen LogP contribution in [0.5, 0.6) is 5.88 Å². The number of hydrogen-bond acceptors (Lipinski definition) is 5. The number of halogens is 3. The highest BCUT2D eigenvalue weighted by atomic mass is 19.4. The molecule has 0 aliphatic heterocycles. The molecule has 0 bridgehead atoms. The quantitative estimate of drug-likeness (QED) is 0.755. The molecule has 0 saturated carbocycles. The van der Waals surface area contributed by atoms with Crippen molar-refractivity contribution < 1.29 is 22.7 Å². The number of carbonyl (C=O) groups is 1. The Morgan fingerprint density at radius 3 is 2.60 bits per heavy atom. The number of pyridine rings is 2. The number of aromatic nitrogens is 4. The summed E-state index contributed by atoms with van der Waals surface area (Å²) in [6, 6.07) is 7.38. The Kier molecular flexibility index (Phi) is 4.33. The van der Waals surface area contributed by atoms with Gasteiger partial charge in [-0.15, -0.1) is 13.2 Å². The maximum atomic E-state index is 12.2. The number of ether oxygens (including phenoxy) is 1. The Labute approximate surface area is 138 Å². The number of nitrogens with zero attached hydrogens (tertiary/aromatic N) is 3. The van der Waals surface area contributed by atoms with E-state index < -0.39 is 18.1 Å². The summed E-state index contributed by atoms with van der Waals surface area (Å²) in [6.07, 6.45) is -0.871. The molecule has 128 valence electrons. The van der Waals surface area contributed by atoms with Crippen molar-refractivity contribution in [1.82, 2.24) is 20.2 Å². The van der Waals surface area contributed by atoms with Crippen molar-refractivity contribution in [3.8, 4) is 17.3 Å². The van der Waals surface area contributed by atoms with Crippen LogP contribution in [-0.4, -0.2) is 32.4 Å². The summed E-state index contributed by atoms with van der Waals surface area (Å²) in [5.74, 6) is -1.22. The lowest BCUT2D eigenvalue weighted by Crippen LogP contribution is -2.18. The number of anilines is 1. The van der Waals surface area contributed by atoms with Gasteiger partial charge in [0.05, 0.1) is 23.1 Å². The fourth-order valence-corrected chi connectivity index (χ4v) is 1.97. The standard InChI is InChI=1S/C15H10F3N5O2/c16-15(17,18)25-12-5-4-9(7-20-12)14(24)22-11-8-21-23-13(11)10-3-1-2-6-19-10/h1-8H,(H,21,23)(H,22,24). The molecule has 0 aromatic carbocycles. The second kappa shape index (κ2) is 6.59. The average molecular weight is 349 g/mol. The minimum atomic E-state index is -4.84. The second-order valence-electron chi connectivity index (χ2n) is 4.76. The van der Waals surface area contributed by atoms with Gasteiger partial charge in [-0.1, -0.05) is 6.07 Å². The summed E-state index contributed by atoms with van der Waals surface area (Å²) in [4.78, 5) is 19.8. The van der Waals surface area contributed by atoms with Crippen molar-refractivity contribution in [2.24, 2.45) is 0 Å². The van der Waals surface area contributed by atoms with Crippen LogP contribution in [0, 0.1) is 0 Å². The minimum Gasteiger partial charge on any atom is -0.388 e. The van der Waals surface area contributed by atoms with Crippen LogP contribution in [0.2, 0.25) is 0 Å². The van der Waals surface area contributed by atoms with Crippen LogP contribution in [0.15, 0.2) is 48.9 Å². The summed E-state index contributed by atoms with van der Waals surface area (Å²) in [5.41, 5.74) is 1.50. The van der Waals surface area contributed by atoms with Crippen molar-refractivity contribution in [1.29, 1.82) is 0 Å². The molecule has 0 atom stereocenters. The minimum absolute atomic E-state index is 0.0581. The number of aromatic amines is 1. The molecule has 0 aliphatic carbocycles. The van der Waals surface area contributed by atoms with Gasteiger partial charge < -0.3 is 10.1 Å². The predicted octanol–water partition coefficient (Wildman–Crippen LogP) is 3.02. The molecule has 10 heteroatoms. The van der Waals surface area contributed by atoms with Crippen molar-refractivity contribution in [3.05, 3.63) is 54.5 Å². The normalized spacial score (nSPS) is 11.2. The highest BCUT2D eigenvalue weighted by molar-refractivity contribution is 6.05. The monoisotopic (exact) mass is 349 g/mol. The van der Waals surface area contributed by atoms with Gasteiger partial charge in [0.1, 0.15) is 5.69 Å². The number of rotatable bonds is 4. The van der Waals surface area contributed by atoms with Crippen molar-refractivity contribution in [3.63, 3.8) is 0 Å². The summed E-state index contributed by atoms with van der Waals surface area (Å²) in [6.45, 7) is 0. The molecule has 3 aromatic rings. The SMILES string of the molecule is O=C(Nc1cn[nH]c1-c1ccccn1)c1ccc(OC(F)(F)F)nc1. The van der Waals surface area contributed by atoms with E-state index in [1.807, 2.05) is 0 Å². The van der Waals surface area contributed by atoms with Crippen molar-refractivity contribution in [2.45, 2.75) is 6.36 Å². The van der Waals surface area contributed by atoms with Gasteiger partial charge in [0.2, 0.25) is 5.88 Å². The summed E-state index contributed by atoms with van der Waals surface area (Å²) in [5, 5.41) is 9.18. The molecule has 7 nitrogen and oxygen atoms in total. The zero-order chi connectivity index (χ0) is 17.9. The van der Waals surface area contributed by atoms with E-state index in [2.05, 4.69) is 30.2 Å². The Hall–Kier alpha value is -3.43. The van der Waals surface area contributed by atoms with Gasteiger partial charge in [0, 0.05) is 18.5 Å². The smallest absolute Gasteiger partial charge is 0.388 e. The third-order valence-electron chi connectivity index (χ3n) is 3.03. The van der Waals surface area contributed by atoms with E-state index >= 15 is 0 Å². The summed E-state index contributed by atoms with van der Waals surface area (Å²) < 4.78 is 40.0. The van der Waals surface area contributed by atoms with Gasteiger partial charge in [0.15, 0.2) is 0 Å². The maximum Gasteiger partial charge on any atom is 0.574 e. The molecule has 0 aliphatic rings. The number of hydrogen-bond donors (Lipinski definition) is 2. The van der Waals surface area contributed by atoms with Crippen LogP contribution in [0.25, 0.3) is 11.4 Å². The van der Waals surface area contributed by atoms with Crippen molar-refractivity contribution >= 4 is 11.6 Å². The Morgan fingerprint density at radius 2 is 1.96 bits per heavy atom. The predicted molar refractivity (Wildman–Crippen MR) is 80.7 cm³/mol. The number of nitrogens with one attached hydrogen (secondary N) is 2. The molecule has 2 N–H and O–H groups in total. The molecule has 0 unspecified atom stereocenters. The highest BCUT2D eigenvalue weighted by Gasteiger charge is 2.31. The first-order valence-electron chi connectivity index (χ1n) is 6.90. The molecule has 3 aromatic heterocycles. The number of carbonyl (C=O) groups excluding carboxylic acids is 1. The third-order valence-corrected chi connectivity index (χ3v) is 3.03. The second-order valence-corrected chi connectivity index (χ2v) is 4.76. The largest absolute Gasteiger partial charge is 0.574 e. The first kappa shape index (κ1) is 16.4. The van der Waals surface area contributed by atoms with Crippen LogP contribution in [0.3, 0.4) is 0 Å². The first-order chi connectivity index (χ1) is 11.9. The molecular formula is C15H10F3N5O2. The molecule has 25 heavy (non-hydrogen) atoms. The Balaban J connectivity index is 1.74. The van der Waals surface area contributed by atoms with Crippen LogP contribution in [0.1, 0.15) is 10.4 Å². The van der Waals surface area contributed by atoms with Crippen LogP contribution >= 0.6 is 0 Å². The number of alkyl halides is 3. The molecule has 1 amide bonds. The lowest BCUT2D eigenvalue weighted by atomic mass is 10.2. The number of H-pyrrole nitrogens is 1. The first-order valence-corrected chi connectivity index (χ1v) is 6.90. The summed E-state index contributed by atoms with van der Waals surface area (Å²) >= 11 is 0. The number of amides is 1. The zero-order valence-electron chi connectivity index (χ0n) is 12.4. The van der Waals surface area contributed by atoms with Gasteiger partial charge in [-0.2, -0.15) is 5.10 Å². The van der Waals surface area contributed by atoms with Crippen LogP contribution in [-0.2, 0) is 0 Å². The van der Waals surface area contributed by atoms with Gasteiger partial charge in [-0.25, -0.2) is 4.98 Å². The summed E-state index contributed by atoms with van der Waals surface area (Å²) in [7, 11) is 0. The molecule has 3 rings (SSSR count). The lowest BCUT2D eigenvalue weighted by Gasteiger charge is -2.08. The molecule has 0 saturated heterocycles. The van der Waals surface area contributed by atoms with E-state index in [9.17, 15) is 18.0 Å². The fourth-order valence-electron chi connectivity index (χ4n) is 1.97. The zero-order valence-corrected chi connectivity index (χ0v) is 12.4. The third kappa shape index (κ3) is 4.10. The molecule has 0 fully saturated rings. The Bertz CT molecular complexity index is 863. The molecule has 0 radical (unpaired) electrons. The van der Waals surface area contributed by atoms with Gasteiger partial charge in [-0.05, 0) is 18.2 Å². The van der Waals surface area contributed by atoms with E-state index in [1.165, 1.54) is 12.3 Å². The topological polar surface area (TPSA) is 92.8 Å². The Morgan fingerprint density at radius 1 is 1.12 bits per heavy atom. The van der Waals surface area contributed by atoms with Crippen LogP contribution in [0.4, 0.5) is 18.9 Å². The van der Waals surface area contributed by atoms with E-state index in [0.717, 1.165) is 12.3 Å². The molecule has 3 heterocycles. The average Bonchev–Trinajstić information content (AvgIpc) is 3.03. The van der Waals surface area contributed by atoms with E-state index in [0.29, 0.717) is 17.1 Å².